The number of rotatable bonds is 3. The second-order valence-corrected chi connectivity index (χ2v) is 12.1. The molecule has 48 heavy (non-hydrogen) atoms. The van der Waals surface area contributed by atoms with Crippen molar-refractivity contribution < 1.29 is 26.3 Å². The summed E-state index contributed by atoms with van der Waals surface area (Å²) in [6.45, 7) is 3.71. The first-order chi connectivity index (χ1) is 22.9. The fourth-order valence-electron chi connectivity index (χ4n) is 7.12. The largest absolute Gasteiger partial charge is 0.420 e. The highest BCUT2D eigenvalue weighted by atomic mass is 19.4. The Labute approximate surface area is 271 Å². The maximum atomic E-state index is 16.0. The van der Waals surface area contributed by atoms with E-state index in [1.807, 2.05) is 62.4 Å². The minimum atomic E-state index is -4.99. The van der Waals surface area contributed by atoms with E-state index in [2.05, 4.69) is 0 Å². The molecule has 8 aromatic rings. The zero-order valence-electron chi connectivity index (χ0n) is 25.7. The molecule has 0 N–H and O–H groups in total. The Morgan fingerprint density at radius 2 is 0.938 bits per heavy atom. The molecule has 2 nitrogen and oxygen atoms in total. The standard InChI is InChI=1S/C40H26F6N2/c1-23-15-17-28-26-10-4-7-13-32(26)47(35(28)21-23)34-20-19-30(25-9-3-6-12-31(25)39(41,42)43)38(37(34)40(44,45)46)48-33-14-8-5-11-27(33)29-18-16-24(2)22-36(29)48/h3-22H,1-2H3. The highest BCUT2D eigenvalue weighted by Gasteiger charge is 2.42. The van der Waals surface area contributed by atoms with Crippen LogP contribution < -0.4 is 0 Å². The Hall–Kier alpha value is -5.50. The number of hydrogen-bond acceptors (Lipinski definition) is 0. The van der Waals surface area contributed by atoms with Crippen molar-refractivity contribution in [3.63, 3.8) is 0 Å². The summed E-state index contributed by atoms with van der Waals surface area (Å²) in [6.07, 6.45) is -9.80. The van der Waals surface area contributed by atoms with Crippen LogP contribution in [0.5, 0.6) is 0 Å². The average Bonchev–Trinajstić information content (AvgIpc) is 3.55. The number of para-hydroxylation sites is 2. The van der Waals surface area contributed by atoms with Gasteiger partial charge in [-0.25, -0.2) is 0 Å². The monoisotopic (exact) mass is 648 g/mol. The summed E-state index contributed by atoms with van der Waals surface area (Å²) in [5, 5.41) is 2.91. The smallest absolute Gasteiger partial charge is 0.309 e. The van der Waals surface area contributed by atoms with Gasteiger partial charge in [0.2, 0.25) is 0 Å². The Balaban J connectivity index is 1.64. The number of hydrogen-bond donors (Lipinski definition) is 0. The van der Waals surface area contributed by atoms with Crippen molar-refractivity contribution in [2.24, 2.45) is 0 Å². The van der Waals surface area contributed by atoms with Crippen molar-refractivity contribution in [2.75, 3.05) is 0 Å². The van der Waals surface area contributed by atoms with Gasteiger partial charge in [-0.3, -0.25) is 0 Å². The van der Waals surface area contributed by atoms with Gasteiger partial charge in [-0.2, -0.15) is 26.3 Å². The lowest BCUT2D eigenvalue weighted by Crippen LogP contribution is -2.17. The van der Waals surface area contributed by atoms with Gasteiger partial charge in [-0.1, -0.05) is 84.9 Å². The van der Waals surface area contributed by atoms with Crippen LogP contribution in [0.4, 0.5) is 26.3 Å². The summed E-state index contributed by atoms with van der Waals surface area (Å²) in [5.41, 5.74) is 0.557. The van der Waals surface area contributed by atoms with Crippen molar-refractivity contribution in [3.05, 3.63) is 144 Å². The van der Waals surface area contributed by atoms with Gasteiger partial charge in [0.15, 0.2) is 0 Å². The van der Waals surface area contributed by atoms with Crippen LogP contribution in [0.2, 0.25) is 0 Å². The third-order valence-corrected chi connectivity index (χ3v) is 9.09. The number of benzene rings is 6. The van der Waals surface area contributed by atoms with Gasteiger partial charge in [-0.15, -0.1) is 0 Å². The lowest BCUT2D eigenvalue weighted by atomic mass is 9.93. The Morgan fingerprint density at radius 1 is 0.438 bits per heavy atom. The van der Waals surface area contributed by atoms with Crippen molar-refractivity contribution in [2.45, 2.75) is 26.2 Å². The SMILES string of the molecule is Cc1ccc2c3ccccc3n(-c3ccc(-c4ccccc4C(F)(F)F)c(-n4c5ccccc5c5ccc(C)cc54)c3C(F)(F)F)c2c1. The van der Waals surface area contributed by atoms with Crippen LogP contribution >= 0.6 is 0 Å². The topological polar surface area (TPSA) is 9.86 Å². The third kappa shape index (κ3) is 4.50. The third-order valence-electron chi connectivity index (χ3n) is 9.09. The van der Waals surface area contributed by atoms with Crippen LogP contribution in [0.3, 0.4) is 0 Å². The molecule has 0 fully saturated rings. The van der Waals surface area contributed by atoms with Crippen LogP contribution in [-0.2, 0) is 12.4 Å². The number of alkyl halides is 6. The highest BCUT2D eigenvalue weighted by molar-refractivity contribution is 6.11. The van der Waals surface area contributed by atoms with E-state index >= 15 is 13.2 Å². The second-order valence-electron chi connectivity index (χ2n) is 12.1. The summed E-state index contributed by atoms with van der Waals surface area (Å²) >= 11 is 0. The fraction of sp³-hybridized carbons (Fsp3) is 0.100. The van der Waals surface area contributed by atoms with E-state index in [9.17, 15) is 13.2 Å². The second kappa shape index (κ2) is 10.5. The zero-order chi connectivity index (χ0) is 33.5. The van der Waals surface area contributed by atoms with Crippen LogP contribution in [0.25, 0.3) is 66.1 Å². The van der Waals surface area contributed by atoms with Crippen LogP contribution in [-0.4, -0.2) is 9.13 Å². The Kier molecular flexibility index (Phi) is 6.54. The maximum absolute atomic E-state index is 16.0. The molecule has 0 aliphatic heterocycles. The molecule has 238 valence electrons. The van der Waals surface area contributed by atoms with Gasteiger partial charge < -0.3 is 9.13 Å². The molecule has 8 rings (SSSR count). The van der Waals surface area contributed by atoms with Gasteiger partial charge in [0.05, 0.1) is 39.0 Å². The molecular weight excluding hydrogens is 622 g/mol. The number of aromatic nitrogens is 2. The predicted molar refractivity (Wildman–Crippen MR) is 180 cm³/mol. The molecule has 0 radical (unpaired) electrons. The van der Waals surface area contributed by atoms with Crippen LogP contribution in [0, 0.1) is 13.8 Å². The molecule has 0 unspecified atom stereocenters. The number of nitrogens with zero attached hydrogens (tertiary/aromatic N) is 2. The first kappa shape index (κ1) is 29.9. The quantitative estimate of drug-likeness (QED) is 0.169. The normalized spacial score (nSPS) is 12.6. The Bertz CT molecular complexity index is 2560. The van der Waals surface area contributed by atoms with Gasteiger partial charge in [0.1, 0.15) is 5.56 Å². The fourth-order valence-corrected chi connectivity index (χ4v) is 7.12. The summed E-state index contributed by atoms with van der Waals surface area (Å²) in [5.74, 6) is 0. The molecule has 6 aromatic carbocycles. The summed E-state index contributed by atoms with van der Waals surface area (Å²) < 4.78 is 94.8. The summed E-state index contributed by atoms with van der Waals surface area (Å²) in [6, 6.07) is 32.9. The number of aryl methyl sites for hydroxylation is 2. The van der Waals surface area contributed by atoms with E-state index in [1.54, 1.807) is 41.0 Å². The minimum Gasteiger partial charge on any atom is -0.309 e. The summed E-state index contributed by atoms with van der Waals surface area (Å²) in [7, 11) is 0. The van der Waals surface area contributed by atoms with E-state index < -0.39 is 23.5 Å². The molecule has 2 heterocycles. The highest BCUT2D eigenvalue weighted by Crippen LogP contribution is 2.49. The molecule has 0 aliphatic rings. The predicted octanol–water partition coefficient (Wildman–Crippen LogP) is 12.2. The van der Waals surface area contributed by atoms with E-state index in [-0.39, 0.29) is 22.5 Å². The molecule has 2 aromatic heterocycles. The van der Waals surface area contributed by atoms with Crippen LogP contribution in [0.1, 0.15) is 22.3 Å². The maximum Gasteiger partial charge on any atom is 0.420 e. The number of fused-ring (bicyclic) bond motifs is 6. The van der Waals surface area contributed by atoms with Crippen molar-refractivity contribution in [3.8, 4) is 22.5 Å². The molecule has 0 spiro atoms. The number of halogens is 6. The van der Waals surface area contributed by atoms with Gasteiger partial charge in [0.25, 0.3) is 0 Å². The van der Waals surface area contributed by atoms with Crippen molar-refractivity contribution in [1.29, 1.82) is 0 Å². The van der Waals surface area contributed by atoms with Crippen molar-refractivity contribution in [1.82, 2.24) is 9.13 Å². The lowest BCUT2D eigenvalue weighted by molar-refractivity contribution is -0.137. The molecular formula is C40H26F6N2. The first-order valence-corrected chi connectivity index (χ1v) is 15.3. The molecule has 0 amide bonds. The molecule has 0 saturated carbocycles. The van der Waals surface area contributed by atoms with Gasteiger partial charge >= 0.3 is 12.4 Å². The molecule has 8 heteroatoms. The summed E-state index contributed by atoms with van der Waals surface area (Å²) in [4.78, 5) is 0. The van der Waals surface area contributed by atoms with Gasteiger partial charge in [-0.05, 0) is 66.9 Å². The van der Waals surface area contributed by atoms with E-state index in [0.717, 1.165) is 28.0 Å². The minimum absolute atomic E-state index is 0.180. The molecule has 0 saturated heterocycles. The van der Waals surface area contributed by atoms with Crippen molar-refractivity contribution >= 4 is 43.6 Å². The van der Waals surface area contributed by atoms with E-state index in [0.29, 0.717) is 32.8 Å². The first-order valence-electron chi connectivity index (χ1n) is 15.3. The molecule has 0 atom stereocenters. The zero-order valence-corrected chi connectivity index (χ0v) is 25.7. The molecule has 0 aliphatic carbocycles. The Morgan fingerprint density at radius 3 is 1.52 bits per heavy atom. The van der Waals surface area contributed by atoms with E-state index in [1.165, 1.54) is 34.9 Å². The van der Waals surface area contributed by atoms with E-state index in [4.69, 9.17) is 0 Å². The van der Waals surface area contributed by atoms with Crippen LogP contribution in [0.15, 0.2) is 121 Å². The average molecular weight is 649 g/mol. The lowest BCUT2D eigenvalue weighted by Gasteiger charge is -2.25. The van der Waals surface area contributed by atoms with Gasteiger partial charge in [0, 0.05) is 27.1 Å². The molecule has 0 bridgehead atoms.